The fourth-order valence-corrected chi connectivity index (χ4v) is 2.11. The first kappa shape index (κ1) is 12.3. The van der Waals surface area contributed by atoms with Gasteiger partial charge in [-0.25, -0.2) is 0 Å². The number of carboxylic acid groups (broad SMARTS) is 1. The SMILES string of the molecule is COc1cc(CBr)c(Cl)cc1CC(=O)O. The van der Waals surface area contributed by atoms with Gasteiger partial charge in [0.05, 0.1) is 13.5 Å². The molecule has 0 heterocycles. The van der Waals surface area contributed by atoms with Crippen LogP contribution in [0.5, 0.6) is 5.75 Å². The van der Waals surface area contributed by atoms with E-state index in [9.17, 15) is 4.79 Å². The summed E-state index contributed by atoms with van der Waals surface area (Å²) in [4.78, 5) is 10.6. The number of carbonyl (C=O) groups is 1. The second-order valence-corrected chi connectivity index (χ2v) is 3.93. The molecule has 0 saturated heterocycles. The molecule has 0 unspecified atom stereocenters. The predicted octanol–water partition coefficient (Wildman–Crippen LogP) is 2.87. The van der Waals surface area contributed by atoms with Crippen molar-refractivity contribution in [3.05, 3.63) is 28.3 Å². The Hall–Kier alpha value is -0.740. The molecule has 0 aliphatic carbocycles. The number of benzene rings is 1. The molecular weight excluding hydrogens is 283 g/mol. The highest BCUT2D eigenvalue weighted by molar-refractivity contribution is 9.08. The molecule has 1 rings (SSSR count). The summed E-state index contributed by atoms with van der Waals surface area (Å²) in [5.74, 6) is -0.354. The summed E-state index contributed by atoms with van der Waals surface area (Å²) in [5.41, 5.74) is 1.46. The number of carboxylic acids is 1. The van der Waals surface area contributed by atoms with Gasteiger partial charge in [-0.2, -0.15) is 0 Å². The van der Waals surface area contributed by atoms with E-state index in [-0.39, 0.29) is 6.42 Å². The molecule has 82 valence electrons. The normalized spacial score (nSPS) is 10.1. The molecule has 0 saturated carbocycles. The van der Waals surface area contributed by atoms with Gasteiger partial charge in [0.25, 0.3) is 0 Å². The summed E-state index contributed by atoms with van der Waals surface area (Å²) < 4.78 is 5.10. The topological polar surface area (TPSA) is 46.5 Å². The van der Waals surface area contributed by atoms with Gasteiger partial charge in [0, 0.05) is 15.9 Å². The zero-order chi connectivity index (χ0) is 11.4. The third kappa shape index (κ3) is 3.11. The van der Waals surface area contributed by atoms with Gasteiger partial charge in [-0.05, 0) is 17.7 Å². The lowest BCUT2D eigenvalue weighted by molar-refractivity contribution is -0.136. The number of alkyl halides is 1. The lowest BCUT2D eigenvalue weighted by Crippen LogP contribution is -2.03. The zero-order valence-electron chi connectivity index (χ0n) is 8.09. The van der Waals surface area contributed by atoms with Gasteiger partial charge in [0.1, 0.15) is 5.75 Å². The van der Waals surface area contributed by atoms with E-state index in [1.807, 2.05) is 0 Å². The number of rotatable bonds is 4. The van der Waals surface area contributed by atoms with Crippen LogP contribution in [0.25, 0.3) is 0 Å². The summed E-state index contributed by atoms with van der Waals surface area (Å²) >= 11 is 9.25. The minimum atomic E-state index is -0.907. The largest absolute Gasteiger partial charge is 0.496 e. The summed E-state index contributed by atoms with van der Waals surface area (Å²) in [6.07, 6.45) is -0.0918. The first-order valence-electron chi connectivity index (χ1n) is 4.21. The van der Waals surface area contributed by atoms with Crippen molar-refractivity contribution in [1.82, 2.24) is 0 Å². The van der Waals surface area contributed by atoms with Gasteiger partial charge < -0.3 is 9.84 Å². The fraction of sp³-hybridized carbons (Fsp3) is 0.300. The smallest absolute Gasteiger partial charge is 0.307 e. The van der Waals surface area contributed by atoms with Gasteiger partial charge in [-0.15, -0.1) is 0 Å². The quantitative estimate of drug-likeness (QED) is 0.868. The highest BCUT2D eigenvalue weighted by atomic mass is 79.9. The van der Waals surface area contributed by atoms with E-state index in [4.69, 9.17) is 21.4 Å². The molecule has 0 atom stereocenters. The van der Waals surface area contributed by atoms with Crippen LogP contribution in [0.3, 0.4) is 0 Å². The Bertz CT molecular complexity index is 379. The maximum atomic E-state index is 10.6. The van der Waals surface area contributed by atoms with Gasteiger partial charge in [-0.3, -0.25) is 4.79 Å². The van der Waals surface area contributed by atoms with Crippen LogP contribution in [-0.2, 0) is 16.5 Å². The molecule has 0 fully saturated rings. The molecule has 0 aliphatic rings. The van der Waals surface area contributed by atoms with Crippen molar-refractivity contribution in [2.75, 3.05) is 7.11 Å². The molecular formula is C10H10BrClO3. The molecule has 0 bridgehead atoms. The Labute approximate surface area is 101 Å². The third-order valence-electron chi connectivity index (χ3n) is 1.94. The summed E-state index contributed by atoms with van der Waals surface area (Å²) in [7, 11) is 1.51. The summed E-state index contributed by atoms with van der Waals surface area (Å²) in [6.45, 7) is 0. The first-order chi connectivity index (χ1) is 7.08. The van der Waals surface area contributed by atoms with E-state index < -0.39 is 5.97 Å². The molecule has 1 aromatic rings. The van der Waals surface area contributed by atoms with E-state index in [2.05, 4.69) is 15.9 Å². The molecule has 0 aliphatic heterocycles. The van der Waals surface area contributed by atoms with Crippen molar-refractivity contribution < 1.29 is 14.6 Å². The first-order valence-corrected chi connectivity index (χ1v) is 5.71. The maximum absolute atomic E-state index is 10.6. The Morgan fingerprint density at radius 2 is 2.20 bits per heavy atom. The van der Waals surface area contributed by atoms with E-state index >= 15 is 0 Å². The minimum absolute atomic E-state index is 0.0918. The molecule has 15 heavy (non-hydrogen) atoms. The van der Waals surface area contributed by atoms with Crippen molar-refractivity contribution in [1.29, 1.82) is 0 Å². The number of hydrogen-bond donors (Lipinski definition) is 1. The van der Waals surface area contributed by atoms with E-state index in [0.29, 0.717) is 21.7 Å². The number of halogens is 2. The lowest BCUT2D eigenvalue weighted by Gasteiger charge is -2.09. The van der Waals surface area contributed by atoms with Crippen LogP contribution in [0.4, 0.5) is 0 Å². The monoisotopic (exact) mass is 292 g/mol. The van der Waals surface area contributed by atoms with Gasteiger partial charge in [0.15, 0.2) is 0 Å². The molecule has 0 spiro atoms. The predicted molar refractivity (Wildman–Crippen MR) is 62.0 cm³/mol. The van der Waals surface area contributed by atoms with Crippen LogP contribution in [-0.4, -0.2) is 18.2 Å². The van der Waals surface area contributed by atoms with Crippen molar-refractivity contribution in [2.24, 2.45) is 0 Å². The molecule has 0 amide bonds. The van der Waals surface area contributed by atoms with E-state index in [0.717, 1.165) is 5.56 Å². The van der Waals surface area contributed by atoms with E-state index in [1.165, 1.54) is 7.11 Å². The van der Waals surface area contributed by atoms with Crippen LogP contribution >= 0.6 is 27.5 Å². The number of aliphatic carboxylic acids is 1. The molecule has 0 radical (unpaired) electrons. The molecule has 0 aromatic heterocycles. The third-order valence-corrected chi connectivity index (χ3v) is 2.89. The minimum Gasteiger partial charge on any atom is -0.496 e. The number of ether oxygens (including phenoxy) is 1. The summed E-state index contributed by atoms with van der Waals surface area (Å²) in [6, 6.07) is 3.38. The second-order valence-electron chi connectivity index (χ2n) is 2.96. The summed E-state index contributed by atoms with van der Waals surface area (Å²) in [5, 5.41) is 9.85. The Kier molecular flexibility index (Phi) is 4.42. The lowest BCUT2D eigenvalue weighted by atomic mass is 10.1. The van der Waals surface area contributed by atoms with Gasteiger partial charge in [-0.1, -0.05) is 27.5 Å². The zero-order valence-corrected chi connectivity index (χ0v) is 10.4. The number of hydrogen-bond acceptors (Lipinski definition) is 2. The molecule has 5 heteroatoms. The molecule has 1 aromatic carbocycles. The second kappa shape index (κ2) is 5.37. The van der Waals surface area contributed by atoms with Gasteiger partial charge in [0.2, 0.25) is 0 Å². The molecule has 3 nitrogen and oxygen atoms in total. The fourth-order valence-electron chi connectivity index (χ4n) is 1.23. The Morgan fingerprint density at radius 1 is 1.53 bits per heavy atom. The average Bonchev–Trinajstić information content (AvgIpc) is 2.17. The standard InChI is InChI=1S/C10H10BrClO3/c1-15-9-3-7(5-11)8(12)2-6(9)4-10(13)14/h2-3H,4-5H2,1H3,(H,13,14). The van der Waals surface area contributed by atoms with Crippen LogP contribution in [0.2, 0.25) is 5.02 Å². The number of methoxy groups -OCH3 is 1. The molecule has 1 N–H and O–H groups in total. The van der Waals surface area contributed by atoms with Crippen LogP contribution in [0.1, 0.15) is 11.1 Å². The highest BCUT2D eigenvalue weighted by Gasteiger charge is 2.11. The van der Waals surface area contributed by atoms with Crippen LogP contribution < -0.4 is 4.74 Å². The Balaban J connectivity index is 3.15. The Morgan fingerprint density at radius 3 is 2.67 bits per heavy atom. The average molecular weight is 294 g/mol. The van der Waals surface area contributed by atoms with Crippen molar-refractivity contribution >= 4 is 33.5 Å². The van der Waals surface area contributed by atoms with Crippen molar-refractivity contribution in [2.45, 2.75) is 11.8 Å². The van der Waals surface area contributed by atoms with Crippen LogP contribution in [0.15, 0.2) is 12.1 Å². The highest BCUT2D eigenvalue weighted by Crippen LogP contribution is 2.28. The van der Waals surface area contributed by atoms with Gasteiger partial charge >= 0.3 is 5.97 Å². The maximum Gasteiger partial charge on any atom is 0.307 e. The van der Waals surface area contributed by atoms with Crippen molar-refractivity contribution in [3.8, 4) is 5.75 Å². The van der Waals surface area contributed by atoms with E-state index in [1.54, 1.807) is 12.1 Å². The van der Waals surface area contributed by atoms with Crippen molar-refractivity contribution in [3.63, 3.8) is 0 Å². The van der Waals surface area contributed by atoms with Crippen LogP contribution in [0, 0.1) is 0 Å².